The van der Waals surface area contributed by atoms with E-state index in [1.54, 1.807) is 0 Å². The number of aliphatic hydroxyl groups excluding tert-OH is 1. The lowest BCUT2D eigenvalue weighted by Gasteiger charge is -2.35. The molecule has 2 N–H and O–H groups in total. The molecule has 0 spiro atoms. The third-order valence-electron chi connectivity index (χ3n) is 5.28. The summed E-state index contributed by atoms with van der Waals surface area (Å²) in [7, 11) is 0. The van der Waals surface area contributed by atoms with Crippen LogP contribution in [-0.2, 0) is 0 Å². The first-order valence-electron chi connectivity index (χ1n) is 8.26. The number of rotatable bonds is 8. The van der Waals surface area contributed by atoms with Crippen molar-refractivity contribution in [3.8, 4) is 0 Å². The van der Waals surface area contributed by atoms with E-state index in [4.69, 9.17) is 5.11 Å². The molecule has 3 nitrogen and oxygen atoms in total. The Bertz CT molecular complexity index is 257. The summed E-state index contributed by atoms with van der Waals surface area (Å²) in [5, 5.41) is 12.9. The highest BCUT2D eigenvalue weighted by molar-refractivity contribution is 4.95. The smallest absolute Gasteiger partial charge is 0.0436 e. The van der Waals surface area contributed by atoms with E-state index in [1.165, 1.54) is 51.7 Å². The van der Waals surface area contributed by atoms with E-state index in [9.17, 15) is 0 Å². The number of nitrogens with zero attached hydrogens (tertiary/aromatic N) is 1. The van der Waals surface area contributed by atoms with Crippen LogP contribution in [-0.4, -0.2) is 48.8 Å². The van der Waals surface area contributed by atoms with E-state index in [1.807, 2.05) is 0 Å². The Labute approximate surface area is 118 Å². The molecule has 0 bridgehead atoms. The van der Waals surface area contributed by atoms with Gasteiger partial charge in [-0.3, -0.25) is 0 Å². The third kappa shape index (κ3) is 4.44. The molecule has 1 unspecified atom stereocenters. The highest BCUT2D eigenvalue weighted by Gasteiger charge is 2.41. The fourth-order valence-corrected chi connectivity index (χ4v) is 3.47. The molecule has 0 amide bonds. The molecule has 19 heavy (non-hydrogen) atoms. The molecule has 1 atom stereocenters. The number of likely N-dealkylation sites (tertiary alicyclic amines) is 1. The van der Waals surface area contributed by atoms with Crippen molar-refractivity contribution in [2.75, 3.05) is 32.8 Å². The van der Waals surface area contributed by atoms with Gasteiger partial charge in [0.05, 0.1) is 0 Å². The standard InChI is InChI=1S/C16H32N2O/c1-3-9-18-10-4-15(5-11-18)14(2)17-13-16(6-7-16)8-12-19/h14-15,17,19H,3-13H2,1-2H3. The Balaban J connectivity index is 1.65. The SMILES string of the molecule is CCCN1CCC(C(C)NCC2(CCO)CC2)CC1. The van der Waals surface area contributed by atoms with Gasteiger partial charge in [-0.15, -0.1) is 0 Å². The zero-order valence-electron chi connectivity index (χ0n) is 12.8. The van der Waals surface area contributed by atoms with Crippen molar-refractivity contribution in [3.05, 3.63) is 0 Å². The van der Waals surface area contributed by atoms with Gasteiger partial charge in [0, 0.05) is 19.2 Å². The Morgan fingerprint density at radius 3 is 2.53 bits per heavy atom. The summed E-state index contributed by atoms with van der Waals surface area (Å²) in [5.74, 6) is 0.845. The second-order valence-corrected chi connectivity index (χ2v) is 6.82. The van der Waals surface area contributed by atoms with E-state index in [0.717, 1.165) is 18.9 Å². The molecule has 0 radical (unpaired) electrons. The zero-order valence-corrected chi connectivity index (χ0v) is 12.8. The van der Waals surface area contributed by atoms with Gasteiger partial charge in [-0.25, -0.2) is 0 Å². The van der Waals surface area contributed by atoms with Gasteiger partial charge in [-0.05, 0) is 76.4 Å². The molecule has 1 saturated heterocycles. The molecule has 1 aliphatic heterocycles. The van der Waals surface area contributed by atoms with Crippen molar-refractivity contribution in [3.63, 3.8) is 0 Å². The lowest BCUT2D eigenvalue weighted by molar-refractivity contribution is 0.158. The van der Waals surface area contributed by atoms with Gasteiger partial charge in [0.2, 0.25) is 0 Å². The van der Waals surface area contributed by atoms with Gasteiger partial charge >= 0.3 is 0 Å². The fraction of sp³-hybridized carbons (Fsp3) is 1.00. The molecule has 2 fully saturated rings. The zero-order chi connectivity index (χ0) is 13.7. The minimum atomic E-state index is 0.353. The molecule has 0 aromatic rings. The predicted molar refractivity (Wildman–Crippen MR) is 80.3 cm³/mol. The molecule has 1 saturated carbocycles. The van der Waals surface area contributed by atoms with Crippen molar-refractivity contribution in [1.29, 1.82) is 0 Å². The van der Waals surface area contributed by atoms with Crippen molar-refractivity contribution >= 4 is 0 Å². The van der Waals surface area contributed by atoms with Gasteiger partial charge in [-0.2, -0.15) is 0 Å². The van der Waals surface area contributed by atoms with Crippen molar-refractivity contribution in [1.82, 2.24) is 10.2 Å². The van der Waals surface area contributed by atoms with Crippen molar-refractivity contribution < 1.29 is 5.11 Å². The van der Waals surface area contributed by atoms with Gasteiger partial charge in [0.1, 0.15) is 0 Å². The largest absolute Gasteiger partial charge is 0.396 e. The highest BCUT2D eigenvalue weighted by Crippen LogP contribution is 2.48. The number of aliphatic hydroxyl groups is 1. The van der Waals surface area contributed by atoms with Crippen LogP contribution in [0.25, 0.3) is 0 Å². The first-order valence-corrected chi connectivity index (χ1v) is 8.26. The van der Waals surface area contributed by atoms with Crippen LogP contribution >= 0.6 is 0 Å². The summed E-state index contributed by atoms with van der Waals surface area (Å²) in [4.78, 5) is 2.61. The number of hydrogen-bond donors (Lipinski definition) is 2. The maximum atomic E-state index is 9.10. The Hall–Kier alpha value is -0.120. The van der Waals surface area contributed by atoms with Gasteiger partial charge in [0.25, 0.3) is 0 Å². The van der Waals surface area contributed by atoms with E-state index in [2.05, 4.69) is 24.1 Å². The van der Waals surface area contributed by atoms with E-state index in [-0.39, 0.29) is 0 Å². The monoisotopic (exact) mass is 268 g/mol. The fourth-order valence-electron chi connectivity index (χ4n) is 3.47. The third-order valence-corrected chi connectivity index (χ3v) is 5.28. The van der Waals surface area contributed by atoms with Crippen LogP contribution in [0, 0.1) is 11.3 Å². The van der Waals surface area contributed by atoms with Crippen LogP contribution in [0.2, 0.25) is 0 Å². The molecular weight excluding hydrogens is 236 g/mol. The maximum absolute atomic E-state index is 9.10. The second-order valence-electron chi connectivity index (χ2n) is 6.82. The minimum absolute atomic E-state index is 0.353. The van der Waals surface area contributed by atoms with Crippen LogP contribution in [0.15, 0.2) is 0 Å². The maximum Gasteiger partial charge on any atom is 0.0436 e. The van der Waals surface area contributed by atoms with Crippen molar-refractivity contribution in [2.45, 2.75) is 58.4 Å². The summed E-state index contributed by atoms with van der Waals surface area (Å²) in [5.41, 5.74) is 0.450. The van der Waals surface area contributed by atoms with E-state index >= 15 is 0 Å². The quantitative estimate of drug-likeness (QED) is 0.709. The molecular formula is C16H32N2O. The van der Waals surface area contributed by atoms with Crippen LogP contribution in [0.5, 0.6) is 0 Å². The molecule has 112 valence electrons. The molecule has 2 rings (SSSR count). The summed E-state index contributed by atoms with van der Waals surface area (Å²) in [6, 6.07) is 0.639. The Morgan fingerprint density at radius 2 is 2.00 bits per heavy atom. The topological polar surface area (TPSA) is 35.5 Å². The van der Waals surface area contributed by atoms with Crippen LogP contribution < -0.4 is 5.32 Å². The highest BCUT2D eigenvalue weighted by atomic mass is 16.3. The molecule has 1 aliphatic carbocycles. The lowest BCUT2D eigenvalue weighted by atomic mass is 9.89. The lowest BCUT2D eigenvalue weighted by Crippen LogP contribution is -2.43. The van der Waals surface area contributed by atoms with Crippen LogP contribution in [0.3, 0.4) is 0 Å². The van der Waals surface area contributed by atoms with Gasteiger partial charge in [-0.1, -0.05) is 6.92 Å². The minimum Gasteiger partial charge on any atom is -0.396 e. The second kappa shape index (κ2) is 7.05. The number of hydrogen-bond acceptors (Lipinski definition) is 3. The summed E-state index contributed by atoms with van der Waals surface area (Å²) >= 11 is 0. The molecule has 1 heterocycles. The predicted octanol–water partition coefficient (Wildman–Crippen LogP) is 2.25. The number of piperidine rings is 1. The molecule has 3 heteroatoms. The first kappa shape index (κ1) is 15.3. The molecule has 2 aliphatic rings. The molecule has 0 aromatic carbocycles. The Kier molecular flexibility index (Phi) is 5.67. The van der Waals surface area contributed by atoms with Gasteiger partial charge < -0.3 is 15.3 Å². The molecule has 0 aromatic heterocycles. The first-order chi connectivity index (χ1) is 9.19. The summed E-state index contributed by atoms with van der Waals surface area (Å²) in [6.07, 6.45) is 7.58. The van der Waals surface area contributed by atoms with E-state index in [0.29, 0.717) is 18.1 Å². The summed E-state index contributed by atoms with van der Waals surface area (Å²) in [6.45, 7) is 9.93. The normalized spacial score (nSPS) is 25.4. The number of nitrogens with one attached hydrogen (secondary N) is 1. The van der Waals surface area contributed by atoms with Crippen LogP contribution in [0.1, 0.15) is 52.4 Å². The van der Waals surface area contributed by atoms with Gasteiger partial charge in [0.15, 0.2) is 0 Å². The summed E-state index contributed by atoms with van der Waals surface area (Å²) < 4.78 is 0. The Morgan fingerprint density at radius 1 is 1.32 bits per heavy atom. The average Bonchev–Trinajstić information content (AvgIpc) is 3.18. The van der Waals surface area contributed by atoms with Crippen LogP contribution in [0.4, 0.5) is 0 Å². The van der Waals surface area contributed by atoms with E-state index < -0.39 is 0 Å². The average molecular weight is 268 g/mol. The van der Waals surface area contributed by atoms with Crippen molar-refractivity contribution in [2.24, 2.45) is 11.3 Å².